The smallest absolute Gasteiger partial charge is 0.411 e. The van der Waals surface area contributed by atoms with Gasteiger partial charge in [-0.2, -0.15) is 0 Å². The maximum absolute atomic E-state index is 13.2. The van der Waals surface area contributed by atoms with Gasteiger partial charge in [-0.25, -0.2) is 55.6 Å². The van der Waals surface area contributed by atoms with Gasteiger partial charge in [-0.3, -0.25) is 10.6 Å². The molecule has 28 nitrogen and oxygen atoms in total. The Hall–Kier alpha value is -7.07. The number of hydrogen-bond acceptors (Lipinski definition) is 25. The molecule has 750 valence electrons. The van der Waals surface area contributed by atoms with Gasteiger partial charge in [0.25, 0.3) is 5.17 Å². The Labute approximate surface area is 774 Å². The minimum Gasteiger partial charge on any atom is -0.468 e. The van der Waals surface area contributed by atoms with Crippen molar-refractivity contribution < 1.29 is 140 Å². The standard InChI is InChI=1S/C10H10F3NOS.C10H12FNO2.C10H14O.C6H13NO2.C6H8O2.C6H14O.C5H11BrO.C4H10O.C4H10.C3H7Cl.C3O2.2C3H8O.C3H8.C2HFO.C2H6O.C2H2O.CH4O2.CH4O.CH2O.2CH4.ClH.2H3N.H2O.4H2/c1-5(2)15-10(16)14-7-4-3-6(11)8(12)9(7)13;1-7(2)14-10(13)12-9-5-3-8(11)4-6-9;1-9(2)11-8-10-6-4-3-5-7-10;1-4-7-6(8)9-5(2)3;1-4-2-5-6(4)8-3-7-5;1-4-5-7-6(2)3;1-5(2)7-4-3-6;1-4(2)3-5;1-4(2)3;1-3(2)4;4-2-1-3-5;1-3(2)4;1-2-3-4;1-3-2;3-1-2-4;1-3-2;1-2-3;1-3-2;2*1-2;;;;;;;;;;/h3-5H,1-2H3,(H,14,16);3-7H,1-2H3,(H,12,13);3-7,9H,8H2,1-2H3;5H,4H2,1-3H3,(H,7,8);4H,2-3H2,1H3;6H,4-5H2,1-3H3;5H,3-4H2,1-2H3;4-5H,3H2,1-2H3;4H,1-3H3;3H,1-2H3;;3-4H,1-2H3;4H,2-3H2,1H3;3H2,1-2H3;1H;1-2H3;1H2;2H,1H3;2H,1H3;1H2;2*1H4;1H;2*1H3;1H2;4*1H. The van der Waals surface area contributed by atoms with Crippen molar-refractivity contribution in [3.05, 3.63) is 126 Å². The second-order valence-corrected chi connectivity index (χ2v) is 27.2. The van der Waals surface area contributed by atoms with E-state index < -0.39 is 23.5 Å². The second-order valence-electron chi connectivity index (χ2n) is 25.2. The highest BCUT2D eigenvalue weighted by Crippen LogP contribution is 2.39. The summed E-state index contributed by atoms with van der Waals surface area (Å²) in [4.78, 5) is 67.9. The first kappa shape index (κ1) is 171. The number of ether oxygens (including phenoxy) is 9. The molecule has 0 spiro atoms. The fourth-order valence-corrected chi connectivity index (χ4v) is 5.38. The number of carbonyl (C=O) groups is 3. The number of alkyl halides is 2. The fourth-order valence-electron chi connectivity index (χ4n) is 4.89. The third-order valence-electron chi connectivity index (χ3n) is 8.72. The van der Waals surface area contributed by atoms with Gasteiger partial charge in [0.1, 0.15) is 30.1 Å². The first-order valence-electron chi connectivity index (χ1n) is 37.7. The van der Waals surface area contributed by atoms with Crippen LogP contribution < -0.4 is 28.3 Å². The van der Waals surface area contributed by atoms with E-state index in [0.717, 1.165) is 98.9 Å². The van der Waals surface area contributed by atoms with Crippen LogP contribution in [0.25, 0.3) is 0 Å². The Bertz CT molecular complexity index is 2790. The molecule has 1 atom stereocenters. The van der Waals surface area contributed by atoms with Crippen molar-refractivity contribution in [1.82, 2.24) is 17.6 Å². The Balaban J connectivity index is -0.0000000388. The summed E-state index contributed by atoms with van der Waals surface area (Å²) in [7, 11) is 5.43. The van der Waals surface area contributed by atoms with Gasteiger partial charge in [0.05, 0.1) is 68.4 Å². The molecule has 1 aliphatic heterocycles. The summed E-state index contributed by atoms with van der Waals surface area (Å²) in [6, 6.07) is 17.5. The molecule has 3 aromatic carbocycles. The van der Waals surface area contributed by atoms with Crippen LogP contribution in [0.3, 0.4) is 0 Å². The van der Waals surface area contributed by atoms with E-state index in [2.05, 4.69) is 123 Å². The topological polar surface area (TPSA) is 451 Å². The Morgan fingerprint density at radius 2 is 1.02 bits per heavy atom. The van der Waals surface area contributed by atoms with Gasteiger partial charge in [0, 0.05) is 88.2 Å². The third kappa shape index (κ3) is 193. The summed E-state index contributed by atoms with van der Waals surface area (Å²) in [5, 5.41) is 46.6. The number of methoxy groups -OCH3 is 1. The molecular weight excluding hydrogens is 1760 g/mol. The number of aliphatic hydroxyl groups is 4. The molecule has 3 aromatic rings. The lowest BCUT2D eigenvalue weighted by Crippen LogP contribution is -2.26. The van der Waals surface area contributed by atoms with E-state index in [4.69, 9.17) is 111 Å². The van der Waals surface area contributed by atoms with E-state index in [-0.39, 0.29) is 104 Å². The molecule has 5 rings (SSSR count). The highest BCUT2D eigenvalue weighted by atomic mass is 79.9. The summed E-state index contributed by atoms with van der Waals surface area (Å²) in [5.74, 6) is 3.93. The molecule has 2 aliphatic rings. The first-order chi connectivity index (χ1) is 55.2. The lowest BCUT2D eigenvalue weighted by atomic mass is 9.93. The molecule has 0 saturated carbocycles. The predicted molar refractivity (Wildman–Crippen MR) is 519 cm³/mol. The molecule has 2 amide bonds. The number of alkyl carbamates (subject to hydrolysis) is 1. The Morgan fingerprint density at radius 1 is 0.661 bits per heavy atom. The maximum atomic E-state index is 13.2. The maximum Gasteiger partial charge on any atom is 0.411 e. The largest absolute Gasteiger partial charge is 0.468 e. The molecule has 16 N–H and O–H groups in total. The molecule has 0 saturated heterocycles. The van der Waals surface area contributed by atoms with Crippen LogP contribution in [0, 0.1) is 41.0 Å². The molecule has 1 heterocycles. The van der Waals surface area contributed by atoms with Gasteiger partial charge in [0.15, 0.2) is 41.6 Å². The van der Waals surface area contributed by atoms with Crippen LogP contribution >= 0.6 is 52.2 Å². The van der Waals surface area contributed by atoms with Crippen molar-refractivity contribution >= 4 is 111 Å². The number of anilines is 2. The minimum atomic E-state index is -1.54. The Kier molecular flexibility index (Phi) is 195. The number of thiocarbonyl (C=S) groups is 1. The number of nitrogens with one attached hydrogen (secondary N) is 3. The molecular formula is C87H177BrCl2F5N5O23S. The van der Waals surface area contributed by atoms with Crippen molar-refractivity contribution in [3.63, 3.8) is 0 Å². The predicted octanol–water partition coefficient (Wildman–Crippen LogP) is 22.4. The number of hydrogen-bond donors (Lipinski definition) is 10. The quantitative estimate of drug-likeness (QED) is 0.00877. The van der Waals surface area contributed by atoms with E-state index in [0.29, 0.717) is 67.8 Å². The normalized spacial score (nSPS) is 9.70. The van der Waals surface area contributed by atoms with Gasteiger partial charge < -0.3 is 96.3 Å². The van der Waals surface area contributed by atoms with Crippen LogP contribution in [0.2, 0.25) is 0 Å². The molecule has 1 aliphatic carbocycles. The minimum absolute atomic E-state index is 0. The number of halogens is 8. The van der Waals surface area contributed by atoms with Gasteiger partial charge >= 0.3 is 12.2 Å². The van der Waals surface area contributed by atoms with E-state index in [1.165, 1.54) is 55.0 Å². The number of benzene rings is 3. The van der Waals surface area contributed by atoms with Gasteiger partial charge in [-0.05, 0) is 203 Å². The summed E-state index contributed by atoms with van der Waals surface area (Å²) in [6.07, 6.45) is 3.81. The van der Waals surface area contributed by atoms with Crippen LogP contribution in [0.5, 0.6) is 0 Å². The van der Waals surface area contributed by atoms with E-state index >= 15 is 0 Å². The number of carbonyl (C=O) groups excluding carboxylic acids is 7. The summed E-state index contributed by atoms with van der Waals surface area (Å²) >= 11 is 13.3. The highest BCUT2D eigenvalue weighted by Gasteiger charge is 2.33. The number of amides is 2. The van der Waals surface area contributed by atoms with Crippen molar-refractivity contribution in [3.8, 4) is 0 Å². The zero-order valence-corrected chi connectivity index (χ0v) is 82.7. The lowest BCUT2D eigenvalue weighted by Gasteiger charge is -2.19. The SMILES string of the molecule is C.C.C=C=O.C=O.CC(C)C.CC(C)CO.CC(C)Cl.CC(C)O.CC(C)OC(=O)Nc1ccc(F)cc1.CC(C)OC(=S)Nc1ccc(F)c(F)c1F.CC(C)OCCBr.CC(C)OCc1ccccc1.CC1CC2=C1OCO2.CCC.CCCO.CCCOC(C)C.CCNC(=O)OC(C)C.CO.COC.COO.Cl.N.N.O.O=C=C=C=O.O=C=CF.[HH].[HH].[HH].[HH]. The third-order valence-corrected chi connectivity index (χ3v) is 9.24. The average molecular weight is 1940 g/mol. The number of rotatable bonds is 17. The van der Waals surface area contributed by atoms with Gasteiger partial charge in [-0.15, -0.1) is 24.0 Å². The van der Waals surface area contributed by atoms with Crippen LogP contribution in [-0.2, 0) is 78.1 Å². The number of aliphatic hydroxyl groups excluding tert-OH is 4. The van der Waals surface area contributed by atoms with E-state index in [1.54, 1.807) is 55.8 Å². The molecule has 37 heteroatoms. The van der Waals surface area contributed by atoms with Crippen molar-refractivity contribution in [2.45, 2.75) is 282 Å². The first-order valence-corrected chi connectivity index (χ1v) is 39.7. The molecule has 124 heavy (non-hydrogen) atoms. The van der Waals surface area contributed by atoms with Crippen LogP contribution in [-0.4, -0.2) is 201 Å². The van der Waals surface area contributed by atoms with Crippen LogP contribution in [0.4, 0.5) is 42.9 Å². The zero-order chi connectivity index (χ0) is 96.0. The van der Waals surface area contributed by atoms with Crippen molar-refractivity contribution in [2.75, 3.05) is 84.2 Å². The highest BCUT2D eigenvalue weighted by molar-refractivity contribution is 9.09. The van der Waals surface area contributed by atoms with E-state index in [9.17, 15) is 31.5 Å². The van der Waals surface area contributed by atoms with Gasteiger partial charge in [-0.1, -0.05) is 137 Å². The second kappa shape index (κ2) is 142. The summed E-state index contributed by atoms with van der Waals surface area (Å²) < 4.78 is 106. The van der Waals surface area contributed by atoms with Crippen molar-refractivity contribution in [1.29, 1.82) is 0 Å². The molecule has 0 radical (unpaired) electrons. The monoisotopic (exact) mass is 1940 g/mol. The van der Waals surface area contributed by atoms with Crippen molar-refractivity contribution in [2.24, 2.45) is 17.8 Å². The van der Waals surface area contributed by atoms with Crippen LogP contribution in [0.1, 0.15) is 239 Å². The fraction of sp³-hybridized carbons (Fsp3) is 0.644. The molecule has 0 aromatic heterocycles. The summed E-state index contributed by atoms with van der Waals surface area (Å²) in [5.41, 5.74) is 2.99. The summed E-state index contributed by atoms with van der Waals surface area (Å²) in [6.45, 7) is 61.7. The van der Waals surface area contributed by atoms with Gasteiger partial charge in [0.2, 0.25) is 6.79 Å². The Morgan fingerprint density at radius 3 is 1.27 bits per heavy atom. The number of allylic oxidation sites excluding steroid dienone is 2. The lowest BCUT2D eigenvalue weighted by molar-refractivity contribution is -0.214. The molecule has 1 unspecified atom stereocenters. The van der Waals surface area contributed by atoms with E-state index in [1.807, 2.05) is 108 Å². The molecule has 0 fully saturated rings. The zero-order valence-electron chi connectivity index (χ0n) is 78.7. The average Bonchev–Trinajstić information content (AvgIpc) is 1.66. The van der Waals surface area contributed by atoms with Crippen LogP contribution in [0.15, 0.2) is 96.9 Å². The molecule has 0 bridgehead atoms.